The van der Waals surface area contributed by atoms with Crippen LogP contribution in [-0.2, 0) is 6.61 Å². The number of hydrogen-bond acceptors (Lipinski definition) is 8. The highest BCUT2D eigenvalue weighted by Crippen LogP contribution is 2.30. The normalized spacial score (nSPS) is 11.1. The van der Waals surface area contributed by atoms with Gasteiger partial charge in [-0.3, -0.25) is 4.98 Å². The molecule has 3 heterocycles. The van der Waals surface area contributed by atoms with Crippen LogP contribution in [0, 0.1) is 20.8 Å². The van der Waals surface area contributed by atoms with Gasteiger partial charge < -0.3 is 14.8 Å². The molecule has 2 N–H and O–H groups in total. The van der Waals surface area contributed by atoms with Crippen molar-refractivity contribution in [3.05, 3.63) is 63.3 Å². The van der Waals surface area contributed by atoms with Crippen LogP contribution >= 0.6 is 11.3 Å². The molecule has 0 spiro atoms. The molecule has 142 valence electrons. The molecular weight excluding hydrogens is 376 g/mol. The minimum Gasteiger partial charge on any atom is -0.420 e. The monoisotopic (exact) mass is 394 g/mol. The van der Waals surface area contributed by atoms with Crippen LogP contribution in [0.2, 0.25) is 0 Å². The lowest BCUT2D eigenvalue weighted by Gasteiger charge is -2.07. The Kier molecular flexibility index (Phi) is 4.66. The Balaban J connectivity index is 1.76. The number of aliphatic hydroxyl groups is 1. The van der Waals surface area contributed by atoms with Crippen molar-refractivity contribution in [1.82, 2.24) is 15.2 Å². The van der Waals surface area contributed by atoms with E-state index >= 15 is 0 Å². The van der Waals surface area contributed by atoms with Crippen molar-refractivity contribution < 1.29 is 9.52 Å². The fourth-order valence-corrected chi connectivity index (χ4v) is 3.68. The molecule has 0 aliphatic carbocycles. The molecule has 0 aliphatic rings. The number of benzene rings is 1. The molecule has 0 saturated heterocycles. The molecule has 28 heavy (non-hydrogen) atoms. The third-order valence-electron chi connectivity index (χ3n) is 4.50. The fraction of sp³-hybridized carbons (Fsp3) is 0.200. The zero-order valence-corrected chi connectivity index (χ0v) is 16.4. The minimum atomic E-state index is -0.512. The largest absolute Gasteiger partial charge is 0.420 e. The van der Waals surface area contributed by atoms with Gasteiger partial charge in [-0.25, -0.2) is 4.79 Å². The van der Waals surface area contributed by atoms with E-state index in [0.717, 1.165) is 16.8 Å². The Morgan fingerprint density at radius 2 is 2.00 bits per heavy atom. The lowest BCUT2D eigenvalue weighted by Crippen LogP contribution is -2.05. The van der Waals surface area contributed by atoms with E-state index in [2.05, 4.69) is 20.5 Å². The maximum Gasteiger partial charge on any atom is 0.346 e. The molecule has 0 aliphatic heterocycles. The van der Waals surface area contributed by atoms with E-state index in [1.54, 1.807) is 19.2 Å². The molecule has 0 amide bonds. The van der Waals surface area contributed by atoms with Gasteiger partial charge in [-0.15, -0.1) is 10.2 Å². The molecule has 0 saturated carbocycles. The van der Waals surface area contributed by atoms with Crippen LogP contribution in [0.4, 0.5) is 10.8 Å². The summed E-state index contributed by atoms with van der Waals surface area (Å²) in [6.45, 7) is 5.58. The van der Waals surface area contributed by atoms with Crippen molar-refractivity contribution in [2.24, 2.45) is 0 Å². The zero-order valence-electron chi connectivity index (χ0n) is 15.6. The van der Waals surface area contributed by atoms with Crippen molar-refractivity contribution in [3.8, 4) is 10.6 Å². The number of nitrogens with zero attached hydrogens (tertiary/aromatic N) is 3. The number of pyridine rings is 1. The Morgan fingerprint density at radius 1 is 1.18 bits per heavy atom. The van der Waals surface area contributed by atoms with Gasteiger partial charge in [0.15, 0.2) is 10.6 Å². The Morgan fingerprint density at radius 3 is 2.79 bits per heavy atom. The van der Waals surface area contributed by atoms with Crippen molar-refractivity contribution in [3.63, 3.8) is 0 Å². The predicted molar refractivity (Wildman–Crippen MR) is 109 cm³/mol. The third kappa shape index (κ3) is 3.28. The molecular formula is C20H18N4O3S. The molecule has 8 heteroatoms. The third-order valence-corrected chi connectivity index (χ3v) is 5.37. The molecule has 4 rings (SSSR count). The first-order chi connectivity index (χ1) is 13.5. The number of aromatic nitrogens is 3. The molecule has 4 aromatic rings. The average molecular weight is 394 g/mol. The first kappa shape index (κ1) is 18.3. The van der Waals surface area contributed by atoms with E-state index in [-0.39, 0.29) is 6.61 Å². The van der Waals surface area contributed by atoms with Crippen LogP contribution in [0.3, 0.4) is 0 Å². The van der Waals surface area contributed by atoms with Crippen LogP contribution in [0.15, 0.2) is 39.7 Å². The molecule has 0 unspecified atom stereocenters. The van der Waals surface area contributed by atoms with Gasteiger partial charge in [0.05, 0.1) is 17.9 Å². The van der Waals surface area contributed by atoms with Crippen molar-refractivity contribution in [1.29, 1.82) is 0 Å². The van der Waals surface area contributed by atoms with Crippen molar-refractivity contribution in [2.45, 2.75) is 27.4 Å². The molecule has 0 bridgehead atoms. The standard InChI is InChI=1S/C20H18N4O3S/c1-10-4-5-11(2)16(6-10)22-20-24-23-18(28-20)15-7-14-13(9-25)8-21-12(3)17(14)27-19(15)26/h4-8,25H,9H2,1-3H3,(H,22,24). The van der Waals surface area contributed by atoms with E-state index < -0.39 is 5.63 Å². The minimum absolute atomic E-state index is 0.202. The first-order valence-electron chi connectivity index (χ1n) is 8.67. The van der Waals surface area contributed by atoms with Gasteiger partial charge in [0.1, 0.15) is 0 Å². The Hall–Kier alpha value is -3.10. The summed E-state index contributed by atoms with van der Waals surface area (Å²) in [5, 5.41) is 22.8. The van der Waals surface area contributed by atoms with E-state index in [1.165, 1.54) is 11.3 Å². The van der Waals surface area contributed by atoms with Gasteiger partial charge in [-0.05, 0) is 44.0 Å². The highest BCUT2D eigenvalue weighted by atomic mass is 32.1. The summed E-state index contributed by atoms with van der Waals surface area (Å²) in [6.07, 6.45) is 1.58. The van der Waals surface area contributed by atoms with Gasteiger partial charge in [0, 0.05) is 22.8 Å². The molecule has 0 atom stereocenters. The van der Waals surface area contributed by atoms with E-state index in [4.69, 9.17) is 4.42 Å². The molecule has 0 radical (unpaired) electrons. The number of anilines is 2. The smallest absolute Gasteiger partial charge is 0.346 e. The number of fused-ring (bicyclic) bond motifs is 1. The molecule has 7 nitrogen and oxygen atoms in total. The van der Waals surface area contributed by atoms with Gasteiger partial charge >= 0.3 is 5.63 Å². The Labute approximate surface area is 164 Å². The molecule has 1 aromatic carbocycles. The quantitative estimate of drug-likeness (QED) is 0.542. The number of nitrogens with one attached hydrogen (secondary N) is 1. The van der Waals surface area contributed by atoms with E-state index in [9.17, 15) is 9.90 Å². The van der Waals surface area contributed by atoms with Crippen LogP contribution in [0.25, 0.3) is 21.5 Å². The second kappa shape index (κ2) is 7.14. The number of aliphatic hydroxyl groups excluding tert-OH is 1. The second-order valence-corrected chi connectivity index (χ2v) is 7.55. The van der Waals surface area contributed by atoms with E-state index in [0.29, 0.717) is 37.9 Å². The van der Waals surface area contributed by atoms with Gasteiger partial charge in [0.2, 0.25) is 5.13 Å². The lowest BCUT2D eigenvalue weighted by atomic mass is 10.1. The summed E-state index contributed by atoms with van der Waals surface area (Å²) in [7, 11) is 0. The maximum absolute atomic E-state index is 12.5. The summed E-state index contributed by atoms with van der Waals surface area (Å²) in [5.74, 6) is 0. The van der Waals surface area contributed by atoms with Crippen LogP contribution in [0.5, 0.6) is 0 Å². The maximum atomic E-state index is 12.5. The molecule has 0 fully saturated rings. The highest BCUT2D eigenvalue weighted by molar-refractivity contribution is 7.18. The van der Waals surface area contributed by atoms with Crippen LogP contribution in [0.1, 0.15) is 22.4 Å². The number of hydrogen-bond donors (Lipinski definition) is 2. The highest BCUT2D eigenvalue weighted by Gasteiger charge is 2.16. The predicted octanol–water partition coefficient (Wildman–Crippen LogP) is 3.87. The summed E-state index contributed by atoms with van der Waals surface area (Å²) in [6, 6.07) is 7.79. The Bertz CT molecular complexity index is 1250. The summed E-state index contributed by atoms with van der Waals surface area (Å²) < 4.78 is 5.47. The van der Waals surface area contributed by atoms with Crippen molar-refractivity contribution >= 4 is 33.1 Å². The average Bonchev–Trinajstić information content (AvgIpc) is 3.13. The van der Waals surface area contributed by atoms with Crippen LogP contribution in [-0.4, -0.2) is 20.3 Å². The van der Waals surface area contributed by atoms with Gasteiger partial charge in [0.25, 0.3) is 0 Å². The zero-order chi connectivity index (χ0) is 19.8. The summed E-state index contributed by atoms with van der Waals surface area (Å²) in [5.41, 5.74) is 4.50. The summed E-state index contributed by atoms with van der Waals surface area (Å²) >= 11 is 1.26. The lowest BCUT2D eigenvalue weighted by molar-refractivity contribution is 0.282. The first-order valence-corrected chi connectivity index (χ1v) is 9.49. The van der Waals surface area contributed by atoms with Crippen molar-refractivity contribution in [2.75, 3.05) is 5.32 Å². The SMILES string of the molecule is Cc1ccc(C)c(Nc2nnc(-c3cc4c(CO)cnc(C)c4oc3=O)s2)c1. The number of aryl methyl sites for hydroxylation is 3. The van der Waals surface area contributed by atoms with Gasteiger partial charge in [-0.1, -0.05) is 23.5 Å². The van der Waals surface area contributed by atoms with E-state index in [1.807, 2.05) is 32.0 Å². The van der Waals surface area contributed by atoms with Crippen LogP contribution < -0.4 is 10.9 Å². The summed E-state index contributed by atoms with van der Waals surface area (Å²) in [4.78, 5) is 16.7. The van der Waals surface area contributed by atoms with Gasteiger partial charge in [-0.2, -0.15) is 0 Å². The molecule has 3 aromatic heterocycles. The number of rotatable bonds is 4. The topological polar surface area (TPSA) is 101 Å². The fourth-order valence-electron chi connectivity index (χ4n) is 2.92. The second-order valence-electron chi connectivity index (χ2n) is 6.57.